The molecule has 0 unspecified atom stereocenters. The first-order valence-corrected chi connectivity index (χ1v) is 6.38. The summed E-state index contributed by atoms with van der Waals surface area (Å²) in [5.41, 5.74) is 5.67. The quantitative estimate of drug-likeness (QED) is 0.845. The number of nitrogens with one attached hydrogen (secondary N) is 1. The Morgan fingerprint density at radius 1 is 1.44 bits per heavy atom. The number of alkyl halides is 3. The molecule has 104 valence electrons. The van der Waals surface area contributed by atoms with Crippen LogP contribution in [-0.4, -0.2) is 30.9 Å². The molecule has 0 radical (unpaired) electrons. The van der Waals surface area contributed by atoms with Crippen LogP contribution in [0.4, 0.5) is 19.0 Å². The van der Waals surface area contributed by atoms with Crippen molar-refractivity contribution in [1.29, 1.82) is 0 Å². The molecule has 0 spiro atoms. The second-order valence-electron chi connectivity index (χ2n) is 3.69. The van der Waals surface area contributed by atoms with Crippen molar-refractivity contribution in [2.75, 3.05) is 12.3 Å². The van der Waals surface area contributed by atoms with Crippen molar-refractivity contribution in [2.45, 2.75) is 24.4 Å². The molecule has 3 N–H and O–H groups in total. The van der Waals surface area contributed by atoms with Crippen LogP contribution in [0.25, 0.3) is 0 Å². The zero-order valence-electron chi connectivity index (χ0n) is 9.74. The topological polar surface area (TPSA) is 90.0 Å². The summed E-state index contributed by atoms with van der Waals surface area (Å²) in [6.07, 6.45) is -5.66. The van der Waals surface area contributed by atoms with Crippen LogP contribution in [0.2, 0.25) is 0 Å². The van der Waals surface area contributed by atoms with Crippen LogP contribution < -0.4 is 10.5 Å². The molecule has 0 aromatic carbocycles. The molecule has 0 aliphatic heterocycles. The van der Waals surface area contributed by atoms with Gasteiger partial charge in [0.05, 0.1) is 12.1 Å². The number of rotatable bonds is 4. The predicted octanol–water partition coefficient (Wildman–Crippen LogP) is 0.541. The van der Waals surface area contributed by atoms with Gasteiger partial charge in [0.25, 0.3) is 0 Å². The van der Waals surface area contributed by atoms with Crippen LogP contribution in [0, 0.1) is 6.92 Å². The van der Waals surface area contributed by atoms with Gasteiger partial charge in [0.15, 0.2) is 5.82 Å². The van der Waals surface area contributed by atoms with E-state index in [0.717, 1.165) is 0 Å². The van der Waals surface area contributed by atoms with Gasteiger partial charge in [-0.05, 0) is 6.92 Å². The van der Waals surface area contributed by atoms with Gasteiger partial charge in [0.2, 0.25) is 10.0 Å². The van der Waals surface area contributed by atoms with Crippen LogP contribution in [0.5, 0.6) is 0 Å². The van der Waals surface area contributed by atoms with E-state index in [9.17, 15) is 21.6 Å². The fourth-order valence-corrected chi connectivity index (χ4v) is 2.70. The number of aryl methyl sites for hydroxylation is 1. The number of hydrogen-bond acceptors (Lipinski definition) is 4. The van der Waals surface area contributed by atoms with E-state index < -0.39 is 29.2 Å². The van der Waals surface area contributed by atoms with Gasteiger partial charge in [-0.15, -0.1) is 0 Å². The Kier molecular flexibility index (Phi) is 3.91. The minimum Gasteiger partial charge on any atom is -0.381 e. The van der Waals surface area contributed by atoms with E-state index in [4.69, 9.17) is 5.73 Å². The van der Waals surface area contributed by atoms with Crippen molar-refractivity contribution in [3.8, 4) is 0 Å². The summed E-state index contributed by atoms with van der Waals surface area (Å²) < 4.78 is 62.4. The smallest absolute Gasteiger partial charge is 0.381 e. The first-order chi connectivity index (χ1) is 8.04. The van der Waals surface area contributed by atoms with Crippen molar-refractivity contribution in [3.05, 3.63) is 5.69 Å². The predicted molar refractivity (Wildman–Crippen MR) is 58.2 cm³/mol. The van der Waals surface area contributed by atoms with Crippen molar-refractivity contribution in [1.82, 2.24) is 14.5 Å². The van der Waals surface area contributed by atoms with E-state index in [2.05, 4.69) is 5.10 Å². The third-order valence-corrected chi connectivity index (χ3v) is 3.90. The number of nitrogens with zero attached hydrogens (tertiary/aromatic N) is 2. The van der Waals surface area contributed by atoms with Gasteiger partial charge >= 0.3 is 6.18 Å². The Balaban J connectivity index is 2.88. The Morgan fingerprint density at radius 3 is 2.39 bits per heavy atom. The molecule has 6 nitrogen and oxygen atoms in total. The van der Waals surface area contributed by atoms with Gasteiger partial charge in [-0.3, -0.25) is 4.68 Å². The van der Waals surface area contributed by atoms with Crippen LogP contribution in [0.15, 0.2) is 4.90 Å². The van der Waals surface area contributed by atoms with E-state index >= 15 is 0 Å². The third kappa shape index (κ3) is 3.35. The zero-order chi connectivity index (χ0) is 14.1. The Labute approximate surface area is 102 Å². The van der Waals surface area contributed by atoms with Gasteiger partial charge in [-0.25, -0.2) is 13.1 Å². The maximum Gasteiger partial charge on any atom is 0.390 e. The Hall–Kier alpha value is -1.29. The summed E-state index contributed by atoms with van der Waals surface area (Å²) in [5, 5.41) is 3.69. The molecule has 18 heavy (non-hydrogen) atoms. The lowest BCUT2D eigenvalue weighted by molar-refractivity contribution is -0.132. The lowest BCUT2D eigenvalue weighted by atomic mass is 10.4. The average molecular weight is 286 g/mol. The maximum absolute atomic E-state index is 11.9. The molecule has 0 saturated heterocycles. The van der Waals surface area contributed by atoms with Crippen LogP contribution in [0.1, 0.15) is 12.1 Å². The minimum atomic E-state index is -4.42. The molecule has 0 atom stereocenters. The fraction of sp³-hybridized carbons (Fsp3) is 0.625. The molecular formula is C8H13F3N4O2S. The second-order valence-corrected chi connectivity index (χ2v) is 5.39. The van der Waals surface area contributed by atoms with Crippen LogP contribution in [0.3, 0.4) is 0 Å². The third-order valence-electron chi connectivity index (χ3n) is 2.27. The average Bonchev–Trinajstić information content (AvgIpc) is 2.38. The van der Waals surface area contributed by atoms with Crippen molar-refractivity contribution in [3.63, 3.8) is 0 Å². The molecule has 0 saturated carbocycles. The van der Waals surface area contributed by atoms with E-state index in [0.29, 0.717) is 0 Å². The van der Waals surface area contributed by atoms with Crippen LogP contribution in [-0.2, 0) is 17.1 Å². The van der Waals surface area contributed by atoms with Crippen molar-refractivity contribution < 1.29 is 21.6 Å². The first-order valence-electron chi connectivity index (χ1n) is 4.90. The molecule has 0 amide bonds. The maximum atomic E-state index is 11.9. The van der Waals surface area contributed by atoms with E-state index in [-0.39, 0.29) is 16.4 Å². The Bertz CT molecular complexity index is 535. The number of nitrogen functional groups attached to an aromatic ring is 1. The molecule has 0 aliphatic carbocycles. The van der Waals surface area contributed by atoms with Crippen molar-refractivity contribution in [2.24, 2.45) is 7.05 Å². The highest BCUT2D eigenvalue weighted by molar-refractivity contribution is 7.89. The monoisotopic (exact) mass is 286 g/mol. The van der Waals surface area contributed by atoms with Gasteiger partial charge in [0, 0.05) is 13.6 Å². The highest BCUT2D eigenvalue weighted by atomic mass is 32.2. The molecule has 10 heteroatoms. The second kappa shape index (κ2) is 4.76. The summed E-state index contributed by atoms with van der Waals surface area (Å²) in [6.45, 7) is 0.724. The molecule has 0 bridgehead atoms. The Morgan fingerprint density at radius 2 is 2.00 bits per heavy atom. The number of nitrogens with two attached hydrogens (primary N) is 1. The summed E-state index contributed by atoms with van der Waals surface area (Å²) in [6, 6.07) is 0. The SMILES string of the molecule is Cc1c(S(=O)(=O)NCCC(F)(F)F)c(N)nn1C. The number of halogens is 3. The lowest BCUT2D eigenvalue weighted by Gasteiger charge is -2.08. The highest BCUT2D eigenvalue weighted by Crippen LogP contribution is 2.22. The normalized spacial score (nSPS) is 12.9. The van der Waals surface area contributed by atoms with Gasteiger partial charge in [-0.1, -0.05) is 0 Å². The highest BCUT2D eigenvalue weighted by Gasteiger charge is 2.29. The number of aromatic nitrogens is 2. The van der Waals surface area contributed by atoms with Gasteiger partial charge in [-0.2, -0.15) is 18.3 Å². The molecule has 0 fully saturated rings. The number of sulfonamides is 1. The summed E-state index contributed by atoms with van der Waals surface area (Å²) >= 11 is 0. The van der Waals surface area contributed by atoms with Gasteiger partial charge < -0.3 is 5.73 Å². The standard InChI is InChI=1S/C8H13F3N4O2S/c1-5-6(7(12)14-15(5)2)18(16,17)13-4-3-8(9,10)11/h13H,3-4H2,1-2H3,(H2,12,14). The number of anilines is 1. The fourth-order valence-electron chi connectivity index (χ4n) is 1.35. The number of hydrogen-bond donors (Lipinski definition) is 2. The van der Waals surface area contributed by atoms with E-state index in [1.165, 1.54) is 18.7 Å². The lowest BCUT2D eigenvalue weighted by Crippen LogP contribution is -2.28. The van der Waals surface area contributed by atoms with Crippen molar-refractivity contribution >= 4 is 15.8 Å². The van der Waals surface area contributed by atoms with E-state index in [1.807, 2.05) is 4.72 Å². The molecule has 0 aliphatic rings. The molecule has 1 rings (SSSR count). The van der Waals surface area contributed by atoms with Gasteiger partial charge in [0.1, 0.15) is 4.90 Å². The zero-order valence-corrected chi connectivity index (χ0v) is 10.6. The molecule has 1 aromatic heterocycles. The molecule has 1 aromatic rings. The first kappa shape index (κ1) is 14.8. The summed E-state index contributed by atoms with van der Waals surface area (Å²) in [4.78, 5) is -0.285. The van der Waals surface area contributed by atoms with Crippen LogP contribution >= 0.6 is 0 Å². The largest absolute Gasteiger partial charge is 0.390 e. The van der Waals surface area contributed by atoms with E-state index in [1.54, 1.807) is 0 Å². The molecule has 1 heterocycles. The molecular weight excluding hydrogens is 273 g/mol. The summed E-state index contributed by atoms with van der Waals surface area (Å²) in [5.74, 6) is -0.241. The summed E-state index contributed by atoms with van der Waals surface area (Å²) in [7, 11) is -2.60. The minimum absolute atomic E-state index is 0.241.